The van der Waals surface area contributed by atoms with Crippen LogP contribution in [0.2, 0.25) is 0 Å². The van der Waals surface area contributed by atoms with Crippen LogP contribution in [-0.4, -0.2) is 9.13 Å². The van der Waals surface area contributed by atoms with Gasteiger partial charge in [0.1, 0.15) is 11.2 Å². The van der Waals surface area contributed by atoms with Crippen molar-refractivity contribution in [1.29, 1.82) is 0 Å². The number of benzene rings is 9. The zero-order chi connectivity index (χ0) is 37.5. The molecule has 3 aromatic heterocycles. The molecule has 57 heavy (non-hydrogen) atoms. The Morgan fingerprint density at radius 3 is 1.46 bits per heavy atom. The normalized spacial score (nSPS) is 11.9. The van der Waals surface area contributed by atoms with Crippen LogP contribution in [-0.2, 0) is 0 Å². The molecule has 0 amide bonds. The van der Waals surface area contributed by atoms with Gasteiger partial charge >= 0.3 is 0 Å². The second-order valence-corrected chi connectivity index (χ2v) is 14.9. The molecular formula is C54H34N2O. The lowest BCUT2D eigenvalue weighted by Gasteiger charge is -2.11. The first-order valence-corrected chi connectivity index (χ1v) is 19.5. The van der Waals surface area contributed by atoms with E-state index < -0.39 is 0 Å². The molecule has 0 spiro atoms. The molecule has 0 aliphatic rings. The number of hydrogen-bond donors (Lipinski definition) is 0. The van der Waals surface area contributed by atoms with Crippen molar-refractivity contribution in [2.45, 2.75) is 0 Å². The van der Waals surface area contributed by atoms with Crippen LogP contribution in [0.25, 0.3) is 110 Å². The highest BCUT2D eigenvalue weighted by Crippen LogP contribution is 2.43. The Hall–Kier alpha value is -7.62. The average molecular weight is 727 g/mol. The highest BCUT2D eigenvalue weighted by Gasteiger charge is 2.21. The van der Waals surface area contributed by atoms with Crippen molar-refractivity contribution in [1.82, 2.24) is 9.13 Å². The van der Waals surface area contributed by atoms with E-state index in [1.807, 2.05) is 12.1 Å². The van der Waals surface area contributed by atoms with Crippen LogP contribution < -0.4 is 0 Å². The average Bonchev–Trinajstić information content (AvgIpc) is 3.95. The monoisotopic (exact) mass is 726 g/mol. The second-order valence-electron chi connectivity index (χ2n) is 14.9. The molecular weight excluding hydrogens is 693 g/mol. The maximum Gasteiger partial charge on any atom is 0.143 e. The van der Waals surface area contributed by atoms with E-state index in [0.29, 0.717) is 0 Å². The lowest BCUT2D eigenvalue weighted by atomic mass is 10.0. The molecule has 0 saturated heterocycles. The van der Waals surface area contributed by atoms with E-state index in [-0.39, 0.29) is 0 Å². The number of furan rings is 1. The number of hydrogen-bond acceptors (Lipinski definition) is 1. The maximum atomic E-state index is 6.48. The van der Waals surface area contributed by atoms with Gasteiger partial charge in [-0.3, -0.25) is 0 Å². The molecule has 12 aromatic rings. The number of nitrogens with zero attached hydrogens (tertiary/aromatic N) is 2. The molecule has 12 rings (SSSR count). The van der Waals surface area contributed by atoms with Crippen LogP contribution in [0, 0.1) is 0 Å². The van der Waals surface area contributed by atoms with E-state index in [4.69, 9.17) is 4.42 Å². The summed E-state index contributed by atoms with van der Waals surface area (Å²) in [6.07, 6.45) is 0. The van der Waals surface area contributed by atoms with E-state index in [9.17, 15) is 0 Å². The standard InChI is InChI=1S/C54H34N2O/c1-2-12-35(13-3-1)36-24-26-37(27-25-36)38-28-30-40(31-29-38)55-47-21-7-4-17-45(47)52-49(55)32-33-50-53(52)46-18-5-8-22-48(46)56(50)41-15-10-14-39(34-41)42-19-11-20-44-43-16-6-9-23-51(43)57-54(42)44/h1-34H. The first kappa shape index (κ1) is 31.7. The van der Waals surface area contributed by atoms with Gasteiger partial charge in [0.2, 0.25) is 0 Å². The highest BCUT2D eigenvalue weighted by molar-refractivity contribution is 6.29. The molecule has 0 aliphatic heterocycles. The third-order valence-electron chi connectivity index (χ3n) is 11.7. The molecule has 0 unspecified atom stereocenters. The smallest absolute Gasteiger partial charge is 0.143 e. The van der Waals surface area contributed by atoms with Crippen molar-refractivity contribution in [3.05, 3.63) is 206 Å². The Balaban J connectivity index is 1.01. The van der Waals surface area contributed by atoms with E-state index in [0.717, 1.165) is 44.4 Å². The summed E-state index contributed by atoms with van der Waals surface area (Å²) < 4.78 is 11.3. The molecule has 3 nitrogen and oxygen atoms in total. The van der Waals surface area contributed by atoms with Gasteiger partial charge in [-0.25, -0.2) is 0 Å². The van der Waals surface area contributed by atoms with Crippen LogP contribution in [0.15, 0.2) is 211 Å². The third-order valence-corrected chi connectivity index (χ3v) is 11.7. The predicted molar refractivity (Wildman–Crippen MR) is 239 cm³/mol. The molecule has 9 aromatic carbocycles. The van der Waals surface area contributed by atoms with Crippen molar-refractivity contribution in [3.63, 3.8) is 0 Å². The summed E-state index contributed by atoms with van der Waals surface area (Å²) in [6.45, 7) is 0. The summed E-state index contributed by atoms with van der Waals surface area (Å²) in [4.78, 5) is 0. The Morgan fingerprint density at radius 1 is 0.298 bits per heavy atom. The molecule has 3 heteroatoms. The van der Waals surface area contributed by atoms with Gasteiger partial charge in [0.25, 0.3) is 0 Å². The fourth-order valence-corrected chi connectivity index (χ4v) is 9.15. The minimum Gasteiger partial charge on any atom is -0.455 e. The van der Waals surface area contributed by atoms with Crippen LogP contribution in [0.4, 0.5) is 0 Å². The van der Waals surface area contributed by atoms with Crippen molar-refractivity contribution in [3.8, 4) is 44.8 Å². The van der Waals surface area contributed by atoms with Gasteiger partial charge < -0.3 is 13.6 Å². The molecule has 0 bridgehead atoms. The number of para-hydroxylation sites is 4. The zero-order valence-electron chi connectivity index (χ0n) is 30.9. The third kappa shape index (κ3) is 4.86. The first-order chi connectivity index (χ1) is 28.3. The van der Waals surface area contributed by atoms with E-state index >= 15 is 0 Å². The molecule has 0 saturated carbocycles. The zero-order valence-corrected chi connectivity index (χ0v) is 30.9. The van der Waals surface area contributed by atoms with Gasteiger partial charge in [-0.1, -0.05) is 152 Å². The summed E-state index contributed by atoms with van der Waals surface area (Å²) in [5.74, 6) is 0. The first-order valence-electron chi connectivity index (χ1n) is 19.5. The SMILES string of the molecule is c1ccc(-c2ccc(-c3ccc(-n4c5ccccc5c5c6c7ccccc7n(-c7cccc(-c8cccc9c8oc8ccccc89)c7)c6ccc54)cc3)cc2)cc1. The minimum absolute atomic E-state index is 0.909. The van der Waals surface area contributed by atoms with E-state index in [1.165, 1.54) is 65.9 Å². The van der Waals surface area contributed by atoms with Crippen LogP contribution in [0.1, 0.15) is 0 Å². The topological polar surface area (TPSA) is 23.0 Å². The molecule has 0 aliphatic carbocycles. The lowest BCUT2D eigenvalue weighted by Crippen LogP contribution is -1.95. The minimum atomic E-state index is 0.909. The predicted octanol–water partition coefficient (Wildman–Crippen LogP) is 14.8. The maximum absolute atomic E-state index is 6.48. The quantitative estimate of drug-likeness (QED) is 0.173. The van der Waals surface area contributed by atoms with E-state index in [1.54, 1.807) is 0 Å². The summed E-state index contributed by atoms with van der Waals surface area (Å²) in [6, 6.07) is 74.3. The van der Waals surface area contributed by atoms with Gasteiger partial charge in [0.05, 0.1) is 22.1 Å². The number of rotatable bonds is 5. The van der Waals surface area contributed by atoms with Gasteiger partial charge in [0, 0.05) is 49.3 Å². The second kappa shape index (κ2) is 12.5. The summed E-state index contributed by atoms with van der Waals surface area (Å²) in [5, 5.41) is 7.28. The largest absolute Gasteiger partial charge is 0.455 e. The Morgan fingerprint density at radius 2 is 0.789 bits per heavy atom. The molecule has 266 valence electrons. The van der Waals surface area contributed by atoms with Gasteiger partial charge in [-0.2, -0.15) is 0 Å². The molecule has 3 heterocycles. The number of fused-ring (bicyclic) bond motifs is 10. The fourth-order valence-electron chi connectivity index (χ4n) is 9.15. The lowest BCUT2D eigenvalue weighted by molar-refractivity contribution is 0.670. The van der Waals surface area contributed by atoms with Crippen molar-refractivity contribution < 1.29 is 4.42 Å². The van der Waals surface area contributed by atoms with E-state index in [2.05, 4.69) is 203 Å². The van der Waals surface area contributed by atoms with Crippen molar-refractivity contribution in [2.24, 2.45) is 0 Å². The highest BCUT2D eigenvalue weighted by atomic mass is 16.3. The molecule has 0 atom stereocenters. The van der Waals surface area contributed by atoms with Gasteiger partial charge in [0.15, 0.2) is 0 Å². The Kier molecular flexibility index (Phi) is 6.93. The summed E-state index contributed by atoms with van der Waals surface area (Å²) in [5.41, 5.74) is 15.9. The number of aromatic nitrogens is 2. The molecule has 0 N–H and O–H groups in total. The Bertz CT molecular complexity index is 3490. The van der Waals surface area contributed by atoms with Crippen molar-refractivity contribution >= 4 is 65.6 Å². The molecule has 0 radical (unpaired) electrons. The van der Waals surface area contributed by atoms with Gasteiger partial charge in [-0.15, -0.1) is 0 Å². The van der Waals surface area contributed by atoms with Crippen LogP contribution in [0.3, 0.4) is 0 Å². The van der Waals surface area contributed by atoms with Crippen molar-refractivity contribution in [2.75, 3.05) is 0 Å². The van der Waals surface area contributed by atoms with Crippen LogP contribution >= 0.6 is 0 Å². The van der Waals surface area contributed by atoms with Gasteiger partial charge in [-0.05, 0) is 82.4 Å². The van der Waals surface area contributed by atoms with Crippen LogP contribution in [0.5, 0.6) is 0 Å². The fraction of sp³-hybridized carbons (Fsp3) is 0. The Labute approximate surface area is 328 Å². The summed E-state index contributed by atoms with van der Waals surface area (Å²) in [7, 11) is 0. The molecule has 0 fully saturated rings. The summed E-state index contributed by atoms with van der Waals surface area (Å²) >= 11 is 0.